The number of aryl methyl sites for hydroxylation is 1. The Hall–Kier alpha value is -2.50. The van der Waals surface area contributed by atoms with Gasteiger partial charge >= 0.3 is 5.97 Å². The van der Waals surface area contributed by atoms with E-state index in [-0.39, 0.29) is 12.1 Å². The van der Waals surface area contributed by atoms with Gasteiger partial charge in [-0.1, -0.05) is 0 Å². The van der Waals surface area contributed by atoms with E-state index >= 15 is 0 Å². The molecular formula is C14H11F2NO3. The fourth-order valence-electron chi connectivity index (χ4n) is 1.85. The number of aromatic nitrogens is 1. The molecule has 104 valence electrons. The standard InChI is InChI=1S/C14H11F2NO3/c1-8-4-13(18)11(14(19)20)7-17(8)6-9-5-10(15)2-3-12(9)16/h2-5,7H,6H2,1H3,(H,19,20). The summed E-state index contributed by atoms with van der Waals surface area (Å²) >= 11 is 0. The first kappa shape index (κ1) is 13.9. The Morgan fingerprint density at radius 3 is 2.65 bits per heavy atom. The Kier molecular flexibility index (Phi) is 3.65. The van der Waals surface area contributed by atoms with Crippen LogP contribution in [0.2, 0.25) is 0 Å². The Morgan fingerprint density at radius 2 is 2.00 bits per heavy atom. The van der Waals surface area contributed by atoms with Crippen molar-refractivity contribution in [1.29, 1.82) is 0 Å². The van der Waals surface area contributed by atoms with E-state index in [0.29, 0.717) is 5.69 Å². The second kappa shape index (κ2) is 5.24. The van der Waals surface area contributed by atoms with Crippen molar-refractivity contribution in [2.75, 3.05) is 0 Å². The normalized spacial score (nSPS) is 10.6. The van der Waals surface area contributed by atoms with Crippen LogP contribution in [0, 0.1) is 18.6 Å². The smallest absolute Gasteiger partial charge is 0.341 e. The van der Waals surface area contributed by atoms with E-state index in [1.165, 1.54) is 4.57 Å². The zero-order chi connectivity index (χ0) is 14.9. The maximum absolute atomic E-state index is 13.6. The number of pyridine rings is 1. The maximum atomic E-state index is 13.6. The highest BCUT2D eigenvalue weighted by Gasteiger charge is 2.12. The molecule has 0 radical (unpaired) electrons. The molecule has 2 aromatic rings. The van der Waals surface area contributed by atoms with Gasteiger partial charge in [-0.25, -0.2) is 13.6 Å². The van der Waals surface area contributed by atoms with Gasteiger partial charge in [0.2, 0.25) is 0 Å². The minimum atomic E-state index is -1.36. The number of hydrogen-bond donors (Lipinski definition) is 1. The largest absolute Gasteiger partial charge is 0.477 e. The Balaban J connectivity index is 2.48. The molecule has 0 unspecified atom stereocenters. The van der Waals surface area contributed by atoms with E-state index in [0.717, 1.165) is 30.5 Å². The van der Waals surface area contributed by atoms with Gasteiger partial charge in [-0.3, -0.25) is 4.79 Å². The lowest BCUT2D eigenvalue weighted by atomic mass is 10.1. The van der Waals surface area contributed by atoms with Crippen molar-refractivity contribution < 1.29 is 18.7 Å². The molecule has 0 aliphatic rings. The van der Waals surface area contributed by atoms with Gasteiger partial charge in [0.05, 0.1) is 6.54 Å². The second-order valence-corrected chi connectivity index (χ2v) is 4.36. The summed E-state index contributed by atoms with van der Waals surface area (Å²) in [6.07, 6.45) is 1.13. The molecule has 20 heavy (non-hydrogen) atoms. The van der Waals surface area contributed by atoms with E-state index in [1.54, 1.807) is 6.92 Å². The fourth-order valence-corrected chi connectivity index (χ4v) is 1.85. The molecule has 0 aliphatic carbocycles. The van der Waals surface area contributed by atoms with Crippen LogP contribution in [0.3, 0.4) is 0 Å². The zero-order valence-electron chi connectivity index (χ0n) is 10.6. The molecule has 1 aromatic carbocycles. The van der Waals surface area contributed by atoms with Crippen LogP contribution in [0.15, 0.2) is 35.3 Å². The molecule has 0 saturated carbocycles. The summed E-state index contributed by atoms with van der Waals surface area (Å²) in [6.45, 7) is 1.53. The number of aromatic carboxylic acids is 1. The monoisotopic (exact) mass is 279 g/mol. The lowest BCUT2D eigenvalue weighted by molar-refractivity contribution is 0.0694. The van der Waals surface area contributed by atoms with Crippen molar-refractivity contribution in [3.63, 3.8) is 0 Å². The molecule has 0 aliphatic heterocycles. The fraction of sp³-hybridized carbons (Fsp3) is 0.143. The van der Waals surface area contributed by atoms with Gasteiger partial charge < -0.3 is 9.67 Å². The van der Waals surface area contributed by atoms with E-state index in [1.807, 2.05) is 0 Å². The quantitative estimate of drug-likeness (QED) is 0.936. The summed E-state index contributed by atoms with van der Waals surface area (Å²) in [5.41, 5.74) is -0.491. The predicted molar refractivity (Wildman–Crippen MR) is 67.9 cm³/mol. The number of hydrogen-bond acceptors (Lipinski definition) is 2. The van der Waals surface area contributed by atoms with Crippen LogP contribution in [0.4, 0.5) is 8.78 Å². The average Bonchev–Trinajstić information content (AvgIpc) is 2.36. The molecule has 2 rings (SSSR count). The summed E-state index contributed by atoms with van der Waals surface area (Å²) in [4.78, 5) is 22.4. The van der Waals surface area contributed by atoms with Crippen LogP contribution in [-0.4, -0.2) is 15.6 Å². The van der Waals surface area contributed by atoms with Gasteiger partial charge in [0, 0.05) is 23.5 Å². The third-order valence-electron chi connectivity index (χ3n) is 2.92. The van der Waals surface area contributed by atoms with Gasteiger partial charge in [0.25, 0.3) is 0 Å². The van der Waals surface area contributed by atoms with Crippen LogP contribution in [-0.2, 0) is 6.54 Å². The number of carboxylic acids is 1. The highest BCUT2D eigenvalue weighted by molar-refractivity contribution is 5.87. The van der Waals surface area contributed by atoms with E-state index in [2.05, 4.69) is 0 Å². The highest BCUT2D eigenvalue weighted by atomic mass is 19.1. The van der Waals surface area contributed by atoms with Crippen LogP contribution < -0.4 is 5.43 Å². The van der Waals surface area contributed by atoms with Crippen molar-refractivity contribution in [3.8, 4) is 0 Å². The van der Waals surface area contributed by atoms with Crippen molar-refractivity contribution >= 4 is 5.97 Å². The van der Waals surface area contributed by atoms with Crippen molar-refractivity contribution in [3.05, 3.63) is 69.1 Å². The first-order chi connectivity index (χ1) is 9.38. The molecule has 0 saturated heterocycles. The topological polar surface area (TPSA) is 59.3 Å². The molecule has 1 N–H and O–H groups in total. The van der Waals surface area contributed by atoms with Crippen molar-refractivity contribution in [2.24, 2.45) is 0 Å². The predicted octanol–water partition coefficient (Wildman–Crippen LogP) is 2.18. The van der Waals surface area contributed by atoms with Crippen molar-refractivity contribution in [1.82, 2.24) is 4.57 Å². The van der Waals surface area contributed by atoms with Crippen LogP contribution in [0.5, 0.6) is 0 Å². The number of benzene rings is 1. The summed E-state index contributed by atoms with van der Waals surface area (Å²) in [6, 6.07) is 4.19. The Morgan fingerprint density at radius 1 is 1.30 bits per heavy atom. The Bertz CT molecular complexity index is 738. The SMILES string of the molecule is Cc1cc(=O)c(C(=O)O)cn1Cc1cc(F)ccc1F. The molecular weight excluding hydrogens is 268 g/mol. The first-order valence-electron chi connectivity index (χ1n) is 5.77. The van der Waals surface area contributed by atoms with E-state index < -0.39 is 28.6 Å². The van der Waals surface area contributed by atoms with Crippen molar-refractivity contribution in [2.45, 2.75) is 13.5 Å². The number of halogens is 2. The summed E-state index contributed by atoms with van der Waals surface area (Å²) < 4.78 is 28.1. The minimum Gasteiger partial charge on any atom is -0.477 e. The summed E-state index contributed by atoms with van der Waals surface area (Å²) in [5, 5.41) is 8.90. The van der Waals surface area contributed by atoms with Gasteiger partial charge in [0.15, 0.2) is 5.43 Å². The number of carbonyl (C=O) groups is 1. The van der Waals surface area contributed by atoms with Gasteiger partial charge in [-0.15, -0.1) is 0 Å². The molecule has 4 nitrogen and oxygen atoms in total. The summed E-state index contributed by atoms with van der Waals surface area (Å²) in [5.74, 6) is -2.54. The minimum absolute atomic E-state index is 0.0595. The average molecular weight is 279 g/mol. The Labute approximate surface area is 112 Å². The number of rotatable bonds is 3. The lowest BCUT2D eigenvalue weighted by Gasteiger charge is -2.12. The van der Waals surface area contributed by atoms with Crippen LogP contribution in [0.1, 0.15) is 21.6 Å². The second-order valence-electron chi connectivity index (χ2n) is 4.36. The molecule has 0 spiro atoms. The van der Waals surface area contributed by atoms with Gasteiger partial charge in [-0.2, -0.15) is 0 Å². The molecule has 1 heterocycles. The third-order valence-corrected chi connectivity index (χ3v) is 2.92. The molecule has 6 heteroatoms. The molecule has 1 aromatic heterocycles. The van der Waals surface area contributed by atoms with Crippen LogP contribution >= 0.6 is 0 Å². The van der Waals surface area contributed by atoms with E-state index in [9.17, 15) is 18.4 Å². The lowest BCUT2D eigenvalue weighted by Crippen LogP contribution is -2.19. The van der Waals surface area contributed by atoms with Gasteiger partial charge in [0.1, 0.15) is 17.2 Å². The highest BCUT2D eigenvalue weighted by Crippen LogP contribution is 2.12. The van der Waals surface area contributed by atoms with Crippen LogP contribution in [0.25, 0.3) is 0 Å². The molecule has 0 fully saturated rings. The molecule has 0 atom stereocenters. The van der Waals surface area contributed by atoms with Gasteiger partial charge in [-0.05, 0) is 25.1 Å². The number of carboxylic acid groups (broad SMARTS) is 1. The number of nitrogens with zero attached hydrogens (tertiary/aromatic N) is 1. The summed E-state index contributed by atoms with van der Waals surface area (Å²) in [7, 11) is 0. The molecule has 0 bridgehead atoms. The maximum Gasteiger partial charge on any atom is 0.341 e. The third kappa shape index (κ3) is 2.74. The zero-order valence-corrected chi connectivity index (χ0v) is 10.6. The van der Waals surface area contributed by atoms with E-state index in [4.69, 9.17) is 5.11 Å². The molecule has 0 amide bonds. The first-order valence-corrected chi connectivity index (χ1v) is 5.77.